The van der Waals surface area contributed by atoms with E-state index in [0.29, 0.717) is 12.8 Å². The Kier molecular flexibility index (Phi) is 5.99. The van der Waals surface area contributed by atoms with E-state index >= 15 is 0 Å². The molecule has 0 aliphatic carbocycles. The Hall–Kier alpha value is -1.10. The van der Waals surface area contributed by atoms with E-state index in [4.69, 9.17) is 4.74 Å². The van der Waals surface area contributed by atoms with Crippen molar-refractivity contribution in [2.24, 2.45) is 0 Å². The van der Waals surface area contributed by atoms with Gasteiger partial charge >= 0.3 is 0 Å². The molecule has 0 unspecified atom stereocenters. The number of benzene rings is 1. The van der Waals surface area contributed by atoms with Crippen LogP contribution in [0, 0.1) is 13.8 Å². The van der Waals surface area contributed by atoms with Crippen LogP contribution in [0.1, 0.15) is 24.0 Å². The summed E-state index contributed by atoms with van der Waals surface area (Å²) in [5.74, 6) is -0.0385. The summed E-state index contributed by atoms with van der Waals surface area (Å²) < 4.78 is 5.52. The molecule has 0 spiro atoms. The molecule has 1 aliphatic rings. The molecule has 0 bridgehead atoms. The summed E-state index contributed by atoms with van der Waals surface area (Å²) in [5.41, 5.74) is 2.45. The molecule has 1 fully saturated rings. The molecule has 1 aromatic rings. The van der Waals surface area contributed by atoms with Gasteiger partial charge in [0.1, 0.15) is 5.60 Å². The van der Waals surface area contributed by atoms with Crippen LogP contribution in [0.4, 0.5) is 5.69 Å². The Morgan fingerprint density at radius 3 is 2.50 bits per heavy atom. The van der Waals surface area contributed by atoms with Crippen LogP contribution in [-0.4, -0.2) is 31.7 Å². The summed E-state index contributed by atoms with van der Waals surface area (Å²) in [6.45, 7) is 5.68. The number of amides is 1. The number of methoxy groups -OCH3 is 1. The molecule has 1 aromatic carbocycles. The normalized spacial score (nSPS) is 17.1. The van der Waals surface area contributed by atoms with Crippen molar-refractivity contribution >= 4 is 24.0 Å². The summed E-state index contributed by atoms with van der Waals surface area (Å²) in [5, 5.41) is 6.26. The van der Waals surface area contributed by atoms with Crippen molar-refractivity contribution in [1.82, 2.24) is 5.32 Å². The molecule has 0 radical (unpaired) electrons. The minimum Gasteiger partial charge on any atom is -0.368 e. The third-order valence-electron chi connectivity index (χ3n) is 3.85. The molecule has 4 nitrogen and oxygen atoms in total. The van der Waals surface area contributed by atoms with Crippen LogP contribution in [0.2, 0.25) is 0 Å². The number of rotatable bonds is 3. The smallest absolute Gasteiger partial charge is 0.256 e. The van der Waals surface area contributed by atoms with Crippen molar-refractivity contribution in [3.8, 4) is 0 Å². The van der Waals surface area contributed by atoms with E-state index in [2.05, 4.69) is 16.7 Å². The lowest BCUT2D eigenvalue weighted by atomic mass is 9.91. The van der Waals surface area contributed by atoms with Crippen LogP contribution in [0.15, 0.2) is 18.2 Å². The number of hydrogen-bond donors (Lipinski definition) is 2. The SMILES string of the molecule is COC1(C(=O)Nc2ccc(C)cc2C)CCNCC1.Cl. The zero-order valence-electron chi connectivity index (χ0n) is 12.3. The number of carbonyl (C=O) groups excluding carboxylic acids is 1. The third-order valence-corrected chi connectivity index (χ3v) is 3.85. The number of hydrogen-bond acceptors (Lipinski definition) is 3. The van der Waals surface area contributed by atoms with Gasteiger partial charge < -0.3 is 15.4 Å². The minimum atomic E-state index is -0.692. The van der Waals surface area contributed by atoms with E-state index in [1.807, 2.05) is 26.0 Å². The maximum absolute atomic E-state index is 12.5. The van der Waals surface area contributed by atoms with E-state index in [-0.39, 0.29) is 18.3 Å². The van der Waals surface area contributed by atoms with Gasteiger partial charge in [0, 0.05) is 12.8 Å². The first-order valence-electron chi connectivity index (χ1n) is 6.72. The average Bonchev–Trinajstić information content (AvgIpc) is 2.42. The van der Waals surface area contributed by atoms with Crippen LogP contribution < -0.4 is 10.6 Å². The first-order valence-corrected chi connectivity index (χ1v) is 6.72. The van der Waals surface area contributed by atoms with Gasteiger partial charge in [-0.2, -0.15) is 0 Å². The highest BCUT2D eigenvalue weighted by Crippen LogP contribution is 2.25. The predicted molar refractivity (Wildman–Crippen MR) is 83.6 cm³/mol. The molecular formula is C15H23ClN2O2. The molecule has 0 aromatic heterocycles. The number of carbonyl (C=O) groups is 1. The second-order valence-electron chi connectivity index (χ2n) is 5.22. The van der Waals surface area contributed by atoms with Gasteiger partial charge in [-0.3, -0.25) is 4.79 Å². The Bertz CT molecular complexity index is 471. The lowest BCUT2D eigenvalue weighted by Gasteiger charge is -2.34. The van der Waals surface area contributed by atoms with Crippen LogP contribution >= 0.6 is 12.4 Å². The van der Waals surface area contributed by atoms with Crippen molar-refractivity contribution in [2.45, 2.75) is 32.3 Å². The average molecular weight is 299 g/mol. The molecule has 1 heterocycles. The Morgan fingerprint density at radius 1 is 1.30 bits per heavy atom. The van der Waals surface area contributed by atoms with Gasteiger partial charge in [-0.05, 0) is 51.4 Å². The summed E-state index contributed by atoms with van der Waals surface area (Å²) in [6, 6.07) is 6.02. The van der Waals surface area contributed by atoms with Crippen molar-refractivity contribution in [1.29, 1.82) is 0 Å². The highest BCUT2D eigenvalue weighted by atomic mass is 35.5. The van der Waals surface area contributed by atoms with Gasteiger partial charge in [-0.25, -0.2) is 0 Å². The predicted octanol–water partition coefficient (Wildman–Crippen LogP) is 2.43. The first kappa shape index (κ1) is 17.0. The number of halogens is 1. The fraction of sp³-hybridized carbons (Fsp3) is 0.533. The molecule has 1 amide bonds. The van der Waals surface area contributed by atoms with Gasteiger partial charge in [0.2, 0.25) is 0 Å². The highest BCUT2D eigenvalue weighted by Gasteiger charge is 2.39. The summed E-state index contributed by atoms with van der Waals surface area (Å²) in [6.07, 6.45) is 1.42. The van der Waals surface area contributed by atoms with E-state index < -0.39 is 5.60 Å². The molecule has 0 atom stereocenters. The Labute approximate surface area is 126 Å². The zero-order valence-corrected chi connectivity index (χ0v) is 13.1. The van der Waals surface area contributed by atoms with Crippen molar-refractivity contribution < 1.29 is 9.53 Å². The van der Waals surface area contributed by atoms with Crippen molar-refractivity contribution in [2.75, 3.05) is 25.5 Å². The molecule has 20 heavy (non-hydrogen) atoms. The molecule has 1 aliphatic heterocycles. The van der Waals surface area contributed by atoms with Gasteiger partial charge in [-0.15, -0.1) is 12.4 Å². The largest absolute Gasteiger partial charge is 0.368 e. The lowest BCUT2D eigenvalue weighted by Crippen LogP contribution is -2.51. The second kappa shape index (κ2) is 7.07. The third kappa shape index (κ3) is 3.51. The Balaban J connectivity index is 0.00000200. The second-order valence-corrected chi connectivity index (χ2v) is 5.22. The molecule has 1 saturated heterocycles. The topological polar surface area (TPSA) is 50.4 Å². The summed E-state index contributed by atoms with van der Waals surface area (Å²) >= 11 is 0. The number of ether oxygens (including phenoxy) is 1. The molecule has 2 N–H and O–H groups in total. The number of aryl methyl sites for hydroxylation is 2. The van der Waals surface area contributed by atoms with E-state index in [1.165, 1.54) is 5.56 Å². The standard InChI is InChI=1S/C15H22N2O2.ClH/c1-11-4-5-13(12(2)10-11)17-14(18)15(19-3)6-8-16-9-7-15;/h4-5,10,16H,6-9H2,1-3H3,(H,17,18);1H. The minimum absolute atomic E-state index is 0. The maximum Gasteiger partial charge on any atom is 0.256 e. The molecule has 5 heteroatoms. The van der Waals surface area contributed by atoms with E-state index in [1.54, 1.807) is 7.11 Å². The van der Waals surface area contributed by atoms with Crippen LogP contribution in [0.5, 0.6) is 0 Å². The van der Waals surface area contributed by atoms with Crippen LogP contribution in [0.25, 0.3) is 0 Å². The van der Waals surface area contributed by atoms with Gasteiger partial charge in [0.25, 0.3) is 5.91 Å². The lowest BCUT2D eigenvalue weighted by molar-refractivity contribution is -0.140. The quantitative estimate of drug-likeness (QED) is 0.901. The number of nitrogens with one attached hydrogen (secondary N) is 2. The van der Waals surface area contributed by atoms with Gasteiger partial charge in [0.05, 0.1) is 0 Å². The van der Waals surface area contributed by atoms with Crippen LogP contribution in [0.3, 0.4) is 0 Å². The monoisotopic (exact) mass is 298 g/mol. The summed E-state index contributed by atoms with van der Waals surface area (Å²) in [7, 11) is 1.62. The fourth-order valence-electron chi connectivity index (χ4n) is 2.54. The van der Waals surface area contributed by atoms with E-state index in [9.17, 15) is 4.79 Å². The van der Waals surface area contributed by atoms with Crippen LogP contribution in [-0.2, 0) is 9.53 Å². The van der Waals surface area contributed by atoms with E-state index in [0.717, 1.165) is 24.3 Å². The Morgan fingerprint density at radius 2 is 1.95 bits per heavy atom. The zero-order chi connectivity index (χ0) is 13.9. The molecular weight excluding hydrogens is 276 g/mol. The summed E-state index contributed by atoms with van der Waals surface area (Å²) in [4.78, 5) is 12.5. The van der Waals surface area contributed by atoms with Crippen molar-refractivity contribution in [3.63, 3.8) is 0 Å². The van der Waals surface area contributed by atoms with Gasteiger partial charge in [-0.1, -0.05) is 17.7 Å². The maximum atomic E-state index is 12.5. The number of piperidine rings is 1. The van der Waals surface area contributed by atoms with Gasteiger partial charge in [0.15, 0.2) is 0 Å². The number of anilines is 1. The first-order chi connectivity index (χ1) is 9.07. The molecule has 2 rings (SSSR count). The fourth-order valence-corrected chi connectivity index (χ4v) is 2.54. The molecule has 0 saturated carbocycles. The van der Waals surface area contributed by atoms with Crippen molar-refractivity contribution in [3.05, 3.63) is 29.3 Å². The molecule has 112 valence electrons. The highest BCUT2D eigenvalue weighted by molar-refractivity contribution is 5.98.